The molecule has 1 N–H and O–H groups in total. The fourth-order valence-electron chi connectivity index (χ4n) is 3.08. The van der Waals surface area contributed by atoms with E-state index in [2.05, 4.69) is 14.9 Å². The van der Waals surface area contributed by atoms with Gasteiger partial charge in [-0.25, -0.2) is 8.42 Å². The van der Waals surface area contributed by atoms with Crippen molar-refractivity contribution < 1.29 is 27.2 Å². The van der Waals surface area contributed by atoms with E-state index in [1.54, 1.807) is 36.1 Å². The molecule has 12 heteroatoms. The normalized spacial score (nSPS) is 14.5. The molecule has 1 aromatic carbocycles. The Labute approximate surface area is 182 Å². The third-order valence-electron chi connectivity index (χ3n) is 4.64. The van der Waals surface area contributed by atoms with Crippen LogP contribution >= 0.6 is 11.3 Å². The van der Waals surface area contributed by atoms with Gasteiger partial charge in [-0.05, 0) is 25.1 Å². The Balaban J connectivity index is 1.58. The lowest BCUT2D eigenvalue weighted by Gasteiger charge is -2.25. The van der Waals surface area contributed by atoms with Crippen molar-refractivity contribution in [2.45, 2.75) is 11.8 Å². The monoisotopic (exact) mass is 464 g/mol. The van der Waals surface area contributed by atoms with Gasteiger partial charge in [0.05, 0.1) is 30.9 Å². The second kappa shape index (κ2) is 8.65. The van der Waals surface area contributed by atoms with E-state index < -0.39 is 10.0 Å². The molecule has 2 aromatic heterocycles. The number of carbonyl (C=O) groups excluding carboxylic acids is 1. The number of methoxy groups -OCH3 is 1. The van der Waals surface area contributed by atoms with Crippen LogP contribution in [0.25, 0.3) is 10.7 Å². The van der Waals surface area contributed by atoms with Crippen LogP contribution < -0.4 is 9.46 Å². The van der Waals surface area contributed by atoms with E-state index >= 15 is 0 Å². The third kappa shape index (κ3) is 4.40. The molecule has 3 heterocycles. The van der Waals surface area contributed by atoms with Crippen molar-refractivity contribution in [3.05, 3.63) is 41.1 Å². The smallest absolute Gasteiger partial charge is 0.316 e. The number of para-hydroxylation sites is 2. The number of anilines is 1. The predicted molar refractivity (Wildman–Crippen MR) is 113 cm³/mol. The quantitative estimate of drug-likeness (QED) is 0.590. The summed E-state index contributed by atoms with van der Waals surface area (Å²) in [6.07, 6.45) is 0. The lowest BCUT2D eigenvalue weighted by atomic mass is 10.3. The molecule has 10 nitrogen and oxygen atoms in total. The summed E-state index contributed by atoms with van der Waals surface area (Å²) in [7, 11) is -2.42. The summed E-state index contributed by atoms with van der Waals surface area (Å²) in [5, 5.41) is 3.86. The summed E-state index contributed by atoms with van der Waals surface area (Å²) in [5.41, 5.74) is 0.329. The Kier molecular flexibility index (Phi) is 5.94. The van der Waals surface area contributed by atoms with Crippen LogP contribution in [-0.2, 0) is 14.8 Å². The number of morpholine rings is 1. The van der Waals surface area contributed by atoms with Crippen molar-refractivity contribution in [1.29, 1.82) is 0 Å². The van der Waals surface area contributed by atoms with Crippen LogP contribution in [0, 0.1) is 6.92 Å². The van der Waals surface area contributed by atoms with Gasteiger partial charge in [0.1, 0.15) is 10.6 Å². The number of thiophene rings is 1. The molecular weight excluding hydrogens is 444 g/mol. The molecule has 4 rings (SSSR count). The number of aryl methyl sites for hydroxylation is 1. The summed E-state index contributed by atoms with van der Waals surface area (Å²) in [4.78, 5) is 19.4. The number of amides is 1. The molecule has 3 aromatic rings. The van der Waals surface area contributed by atoms with Crippen molar-refractivity contribution in [1.82, 2.24) is 15.0 Å². The highest BCUT2D eigenvalue weighted by molar-refractivity contribution is 7.93. The van der Waals surface area contributed by atoms with E-state index in [1.807, 2.05) is 0 Å². The minimum atomic E-state index is -3.89. The third-order valence-corrected chi connectivity index (χ3v) is 7.31. The largest absolute Gasteiger partial charge is 0.495 e. The first-order valence-electron chi connectivity index (χ1n) is 9.36. The fraction of sp³-hybridized carbons (Fsp3) is 0.316. The van der Waals surface area contributed by atoms with Gasteiger partial charge < -0.3 is 18.9 Å². The number of hydrogen-bond donors (Lipinski definition) is 1. The number of ether oxygens (including phenoxy) is 2. The van der Waals surface area contributed by atoms with Crippen LogP contribution in [0.3, 0.4) is 0 Å². The molecule has 1 aliphatic heterocycles. The van der Waals surface area contributed by atoms with Crippen LogP contribution in [0.1, 0.15) is 15.6 Å². The maximum Gasteiger partial charge on any atom is 0.316 e. The molecule has 0 saturated carbocycles. The number of sulfonamides is 1. The number of carbonyl (C=O) groups is 1. The minimum Gasteiger partial charge on any atom is -0.495 e. The standard InChI is InChI=1S/C19H20N4O6S2/c1-12-16(31(25,26)22-13-5-3-4-6-14(13)27-2)11-15(30-12)17-20-18(29-21-17)19(24)23-7-9-28-10-8-23/h3-6,11,22H,7-10H2,1-2H3. The average molecular weight is 465 g/mol. The fourth-order valence-corrected chi connectivity index (χ4v) is 5.67. The number of hydrogen-bond acceptors (Lipinski definition) is 9. The predicted octanol–water partition coefficient (Wildman–Crippen LogP) is 2.39. The van der Waals surface area contributed by atoms with Gasteiger partial charge in [0.15, 0.2) is 0 Å². The summed E-state index contributed by atoms with van der Waals surface area (Å²) < 4.78 is 44.0. The maximum absolute atomic E-state index is 13.0. The lowest BCUT2D eigenvalue weighted by Crippen LogP contribution is -2.40. The van der Waals surface area contributed by atoms with E-state index in [1.165, 1.54) is 24.5 Å². The second-order valence-corrected chi connectivity index (χ2v) is 9.57. The van der Waals surface area contributed by atoms with E-state index in [9.17, 15) is 13.2 Å². The summed E-state index contributed by atoms with van der Waals surface area (Å²) in [6.45, 7) is 3.50. The molecule has 1 fully saturated rings. The maximum atomic E-state index is 13.0. The summed E-state index contributed by atoms with van der Waals surface area (Å²) >= 11 is 1.20. The molecule has 1 aliphatic rings. The van der Waals surface area contributed by atoms with Gasteiger partial charge in [-0.3, -0.25) is 9.52 Å². The van der Waals surface area contributed by atoms with Gasteiger partial charge >= 0.3 is 11.8 Å². The van der Waals surface area contributed by atoms with Crippen LogP contribution in [0.15, 0.2) is 39.8 Å². The zero-order valence-electron chi connectivity index (χ0n) is 16.8. The zero-order chi connectivity index (χ0) is 22.0. The van der Waals surface area contributed by atoms with E-state index in [4.69, 9.17) is 14.0 Å². The molecular formula is C19H20N4O6S2. The molecule has 0 aliphatic carbocycles. The van der Waals surface area contributed by atoms with Crippen molar-refractivity contribution in [3.63, 3.8) is 0 Å². The lowest BCUT2D eigenvalue weighted by molar-refractivity contribution is 0.0272. The van der Waals surface area contributed by atoms with Crippen molar-refractivity contribution in [2.75, 3.05) is 38.1 Å². The van der Waals surface area contributed by atoms with Crippen molar-refractivity contribution in [2.24, 2.45) is 0 Å². The summed E-state index contributed by atoms with van der Waals surface area (Å²) in [6, 6.07) is 8.19. The highest BCUT2D eigenvalue weighted by atomic mass is 32.2. The minimum absolute atomic E-state index is 0.0873. The Morgan fingerprint density at radius 3 is 2.74 bits per heavy atom. The van der Waals surface area contributed by atoms with E-state index in [0.717, 1.165) is 0 Å². The highest BCUT2D eigenvalue weighted by Crippen LogP contribution is 2.34. The van der Waals surface area contributed by atoms with Crippen LogP contribution in [-0.4, -0.2) is 62.8 Å². The Morgan fingerprint density at radius 2 is 2.00 bits per heavy atom. The highest BCUT2D eigenvalue weighted by Gasteiger charge is 2.27. The van der Waals surface area contributed by atoms with Crippen LogP contribution in [0.2, 0.25) is 0 Å². The van der Waals surface area contributed by atoms with Crippen LogP contribution in [0.4, 0.5) is 5.69 Å². The first kappa shape index (κ1) is 21.3. The average Bonchev–Trinajstić information content (AvgIpc) is 3.41. The van der Waals surface area contributed by atoms with Crippen LogP contribution in [0.5, 0.6) is 5.75 Å². The number of nitrogens with zero attached hydrogens (tertiary/aromatic N) is 3. The second-order valence-electron chi connectivity index (χ2n) is 6.66. The van der Waals surface area contributed by atoms with Gasteiger partial charge in [-0.1, -0.05) is 17.3 Å². The van der Waals surface area contributed by atoms with Gasteiger partial charge in [0.25, 0.3) is 10.0 Å². The van der Waals surface area contributed by atoms with Gasteiger partial charge in [0.2, 0.25) is 5.82 Å². The number of aromatic nitrogens is 2. The number of rotatable bonds is 6. The Bertz CT molecular complexity index is 1200. The van der Waals surface area contributed by atoms with Gasteiger partial charge in [-0.15, -0.1) is 11.3 Å². The van der Waals surface area contributed by atoms with Gasteiger partial charge in [-0.2, -0.15) is 4.98 Å². The molecule has 164 valence electrons. The molecule has 1 saturated heterocycles. The SMILES string of the molecule is COc1ccccc1NS(=O)(=O)c1cc(-c2noc(C(=O)N3CCOCC3)n2)sc1C. The molecule has 31 heavy (non-hydrogen) atoms. The first-order valence-corrected chi connectivity index (χ1v) is 11.7. The first-order chi connectivity index (χ1) is 14.9. The van der Waals surface area contributed by atoms with Gasteiger partial charge in [0, 0.05) is 18.0 Å². The number of nitrogens with one attached hydrogen (secondary N) is 1. The Hall–Kier alpha value is -2.96. The molecule has 0 atom stereocenters. The summed E-state index contributed by atoms with van der Waals surface area (Å²) in [5.74, 6) is 0.0487. The molecule has 0 spiro atoms. The van der Waals surface area contributed by atoms with Crippen molar-refractivity contribution in [3.8, 4) is 16.5 Å². The number of benzene rings is 1. The molecule has 1 amide bonds. The van der Waals surface area contributed by atoms with E-state index in [0.29, 0.717) is 47.5 Å². The molecule has 0 unspecified atom stereocenters. The topological polar surface area (TPSA) is 124 Å². The molecule has 0 radical (unpaired) electrons. The Morgan fingerprint density at radius 1 is 1.26 bits per heavy atom. The van der Waals surface area contributed by atoms with E-state index in [-0.39, 0.29) is 22.5 Å². The zero-order valence-corrected chi connectivity index (χ0v) is 18.5. The van der Waals surface area contributed by atoms with Crippen molar-refractivity contribution >= 4 is 33.0 Å². The molecule has 0 bridgehead atoms.